The molecule has 2 N–H and O–H groups in total. The highest BCUT2D eigenvalue weighted by Crippen LogP contribution is 2.32. The van der Waals surface area contributed by atoms with Gasteiger partial charge >= 0.3 is 0 Å². The minimum Gasteiger partial charge on any atom is -0.454 e. The van der Waals surface area contributed by atoms with Crippen LogP contribution >= 0.6 is 0 Å². The molecule has 1 aromatic heterocycles. The summed E-state index contributed by atoms with van der Waals surface area (Å²) in [7, 11) is 0. The first kappa shape index (κ1) is 11.6. The van der Waals surface area contributed by atoms with Gasteiger partial charge in [-0.05, 0) is 29.8 Å². The zero-order valence-corrected chi connectivity index (χ0v) is 10.2. The number of hydrogen-bond donors (Lipinski definition) is 2. The first-order valence-corrected chi connectivity index (χ1v) is 6.01. The van der Waals surface area contributed by atoms with E-state index < -0.39 is 0 Å². The summed E-state index contributed by atoms with van der Waals surface area (Å²) in [6, 6.07) is 11.4. The van der Waals surface area contributed by atoms with E-state index in [0.29, 0.717) is 6.54 Å². The lowest BCUT2D eigenvalue weighted by atomic mass is 10.1. The molecule has 2 heterocycles. The maximum Gasteiger partial charge on any atom is 0.231 e. The monoisotopic (exact) mass is 255 g/mol. The Hall–Kier alpha value is -2.45. The van der Waals surface area contributed by atoms with Crippen molar-refractivity contribution >= 4 is 0 Å². The largest absolute Gasteiger partial charge is 0.454 e. The molecule has 0 aliphatic carbocycles. The van der Waals surface area contributed by atoms with Crippen molar-refractivity contribution in [1.29, 1.82) is 5.26 Å². The Labute approximate surface area is 110 Å². The first-order chi connectivity index (χ1) is 9.36. The summed E-state index contributed by atoms with van der Waals surface area (Å²) in [4.78, 5) is 3.04. The van der Waals surface area contributed by atoms with E-state index in [-0.39, 0.29) is 12.8 Å². The van der Waals surface area contributed by atoms with Crippen LogP contribution in [0.25, 0.3) is 0 Å². The van der Waals surface area contributed by atoms with Crippen LogP contribution in [0.5, 0.6) is 11.5 Å². The van der Waals surface area contributed by atoms with Gasteiger partial charge in [0.1, 0.15) is 6.04 Å². The van der Waals surface area contributed by atoms with Crippen molar-refractivity contribution in [3.05, 3.63) is 47.8 Å². The smallest absolute Gasteiger partial charge is 0.231 e. The number of H-pyrrole nitrogens is 1. The molecule has 0 saturated carbocycles. The number of nitrogens with zero attached hydrogens (tertiary/aromatic N) is 1. The van der Waals surface area contributed by atoms with E-state index in [0.717, 1.165) is 22.8 Å². The molecule has 1 unspecified atom stereocenters. The number of benzene rings is 1. The number of hydrogen-bond acceptors (Lipinski definition) is 4. The third kappa shape index (κ3) is 2.39. The van der Waals surface area contributed by atoms with Crippen LogP contribution in [0.1, 0.15) is 17.3 Å². The van der Waals surface area contributed by atoms with Gasteiger partial charge in [0.15, 0.2) is 11.5 Å². The maximum atomic E-state index is 9.15. The highest BCUT2D eigenvalue weighted by atomic mass is 16.7. The minimum absolute atomic E-state index is 0.273. The van der Waals surface area contributed by atoms with E-state index in [1.165, 1.54) is 0 Å². The number of aromatic nitrogens is 1. The van der Waals surface area contributed by atoms with Crippen LogP contribution < -0.4 is 14.8 Å². The topological polar surface area (TPSA) is 70.1 Å². The Kier molecular flexibility index (Phi) is 3.09. The molecule has 96 valence electrons. The number of aromatic amines is 1. The molecule has 0 saturated heterocycles. The molecule has 5 nitrogen and oxygen atoms in total. The highest BCUT2D eigenvalue weighted by molar-refractivity contribution is 5.44. The summed E-state index contributed by atoms with van der Waals surface area (Å²) in [6.07, 6.45) is 1.81. The molecule has 3 rings (SSSR count). The fraction of sp³-hybridized carbons (Fsp3) is 0.214. The summed E-state index contributed by atoms with van der Waals surface area (Å²) in [5.74, 6) is 1.53. The van der Waals surface area contributed by atoms with E-state index in [1.807, 2.05) is 36.5 Å². The van der Waals surface area contributed by atoms with Crippen LogP contribution in [-0.2, 0) is 6.54 Å². The molecule has 0 bridgehead atoms. The molecule has 1 aliphatic rings. The summed E-state index contributed by atoms with van der Waals surface area (Å²) in [5.41, 5.74) is 1.92. The van der Waals surface area contributed by atoms with Gasteiger partial charge in [0.25, 0.3) is 0 Å². The molecule has 5 heteroatoms. The van der Waals surface area contributed by atoms with Crippen molar-refractivity contribution in [1.82, 2.24) is 10.3 Å². The van der Waals surface area contributed by atoms with Crippen LogP contribution in [0.2, 0.25) is 0 Å². The number of fused-ring (bicyclic) bond motifs is 1. The van der Waals surface area contributed by atoms with Crippen molar-refractivity contribution in [2.75, 3.05) is 6.79 Å². The molecule has 0 amide bonds. The van der Waals surface area contributed by atoms with Gasteiger partial charge < -0.3 is 14.5 Å². The third-order valence-corrected chi connectivity index (χ3v) is 3.01. The molecule has 2 aromatic rings. The fourth-order valence-electron chi connectivity index (χ4n) is 2.02. The molecular weight excluding hydrogens is 242 g/mol. The average Bonchev–Trinajstić information content (AvgIpc) is 3.10. The Bertz CT molecular complexity index is 602. The standard InChI is InChI=1S/C14H13N3O2/c15-7-12(11-2-1-5-16-11)17-8-10-3-4-13-14(6-10)19-9-18-13/h1-6,12,16-17H,8-9H2. The quantitative estimate of drug-likeness (QED) is 0.877. The summed E-state index contributed by atoms with van der Waals surface area (Å²) in [5, 5.41) is 12.3. The molecule has 0 spiro atoms. The second-order valence-corrected chi connectivity index (χ2v) is 4.26. The Morgan fingerprint density at radius 3 is 3.00 bits per heavy atom. The predicted octanol–water partition coefficient (Wildman–Crippen LogP) is 2.10. The van der Waals surface area contributed by atoms with Gasteiger partial charge in [-0.15, -0.1) is 0 Å². The number of nitriles is 1. The van der Waals surface area contributed by atoms with Gasteiger partial charge in [-0.1, -0.05) is 6.07 Å². The first-order valence-electron chi connectivity index (χ1n) is 6.01. The van der Waals surface area contributed by atoms with Gasteiger partial charge in [0.2, 0.25) is 6.79 Å². The van der Waals surface area contributed by atoms with Crippen molar-refractivity contribution in [2.24, 2.45) is 0 Å². The Morgan fingerprint density at radius 2 is 2.21 bits per heavy atom. The van der Waals surface area contributed by atoms with E-state index in [1.54, 1.807) is 0 Å². The lowest BCUT2D eigenvalue weighted by Crippen LogP contribution is -2.19. The lowest BCUT2D eigenvalue weighted by Gasteiger charge is -2.10. The van der Waals surface area contributed by atoms with E-state index in [4.69, 9.17) is 14.7 Å². The predicted molar refractivity (Wildman–Crippen MR) is 68.6 cm³/mol. The third-order valence-electron chi connectivity index (χ3n) is 3.01. The van der Waals surface area contributed by atoms with Gasteiger partial charge in [0, 0.05) is 18.4 Å². The molecule has 19 heavy (non-hydrogen) atoms. The number of ether oxygens (including phenoxy) is 2. The second-order valence-electron chi connectivity index (χ2n) is 4.26. The van der Waals surface area contributed by atoms with Gasteiger partial charge in [-0.25, -0.2) is 0 Å². The van der Waals surface area contributed by atoms with Gasteiger partial charge in [0.05, 0.1) is 6.07 Å². The van der Waals surface area contributed by atoms with Crippen molar-refractivity contribution in [3.63, 3.8) is 0 Å². The Morgan fingerprint density at radius 1 is 1.32 bits per heavy atom. The van der Waals surface area contributed by atoms with Crippen LogP contribution in [0.15, 0.2) is 36.5 Å². The lowest BCUT2D eigenvalue weighted by molar-refractivity contribution is 0.174. The van der Waals surface area contributed by atoms with Crippen LogP contribution in [0.3, 0.4) is 0 Å². The zero-order chi connectivity index (χ0) is 13.1. The highest BCUT2D eigenvalue weighted by Gasteiger charge is 2.14. The molecule has 0 radical (unpaired) electrons. The molecule has 1 aliphatic heterocycles. The Balaban J connectivity index is 1.67. The average molecular weight is 255 g/mol. The summed E-state index contributed by atoms with van der Waals surface area (Å²) in [6.45, 7) is 0.864. The van der Waals surface area contributed by atoms with Crippen molar-refractivity contribution in [2.45, 2.75) is 12.6 Å². The van der Waals surface area contributed by atoms with E-state index in [9.17, 15) is 0 Å². The van der Waals surface area contributed by atoms with Crippen molar-refractivity contribution < 1.29 is 9.47 Å². The maximum absolute atomic E-state index is 9.15. The van der Waals surface area contributed by atoms with Crippen LogP contribution in [0, 0.1) is 11.3 Å². The number of nitrogens with one attached hydrogen (secondary N) is 2. The van der Waals surface area contributed by atoms with Crippen LogP contribution in [-0.4, -0.2) is 11.8 Å². The summed E-state index contributed by atoms with van der Waals surface area (Å²) < 4.78 is 10.6. The SMILES string of the molecule is N#CC(NCc1ccc2c(c1)OCO2)c1ccc[nH]1. The summed E-state index contributed by atoms with van der Waals surface area (Å²) >= 11 is 0. The molecular formula is C14H13N3O2. The molecule has 1 atom stereocenters. The molecule has 0 fully saturated rings. The van der Waals surface area contributed by atoms with Gasteiger partial charge in [-0.2, -0.15) is 5.26 Å². The van der Waals surface area contributed by atoms with Crippen molar-refractivity contribution in [3.8, 4) is 17.6 Å². The van der Waals surface area contributed by atoms with Crippen LogP contribution in [0.4, 0.5) is 0 Å². The van der Waals surface area contributed by atoms with Gasteiger partial charge in [-0.3, -0.25) is 5.32 Å². The van der Waals surface area contributed by atoms with E-state index >= 15 is 0 Å². The van der Waals surface area contributed by atoms with E-state index in [2.05, 4.69) is 16.4 Å². The normalized spacial score (nSPS) is 14.1. The fourth-order valence-corrected chi connectivity index (χ4v) is 2.02. The minimum atomic E-state index is -0.347. The molecule has 1 aromatic carbocycles. The zero-order valence-electron chi connectivity index (χ0n) is 10.2. The number of rotatable bonds is 4. The second kappa shape index (κ2) is 5.04.